The van der Waals surface area contributed by atoms with Gasteiger partial charge < -0.3 is 9.64 Å². The molecule has 0 heterocycles. The SMILES string of the molecule is COC(=O)C(NS(C)(=O)=O)(c1ccc(N(C)C)cc1)C(F)(F)F. The number of halogens is 3. The Kier molecular flexibility index (Phi) is 5.32. The third-order valence-electron chi connectivity index (χ3n) is 3.07. The van der Waals surface area contributed by atoms with Crippen molar-refractivity contribution in [2.75, 3.05) is 32.4 Å². The van der Waals surface area contributed by atoms with E-state index in [0.717, 1.165) is 19.2 Å². The molecule has 0 aliphatic heterocycles. The lowest BCUT2D eigenvalue weighted by Crippen LogP contribution is -2.61. The van der Waals surface area contributed by atoms with E-state index in [1.807, 2.05) is 0 Å². The van der Waals surface area contributed by atoms with Crippen molar-refractivity contribution in [2.45, 2.75) is 11.7 Å². The van der Waals surface area contributed by atoms with E-state index >= 15 is 0 Å². The molecule has 1 N–H and O–H groups in total. The van der Waals surface area contributed by atoms with Gasteiger partial charge in [-0.1, -0.05) is 12.1 Å². The Morgan fingerprint density at radius 2 is 1.65 bits per heavy atom. The average Bonchev–Trinajstić information content (AvgIpc) is 2.41. The van der Waals surface area contributed by atoms with Crippen LogP contribution in [0.4, 0.5) is 18.9 Å². The molecule has 0 spiro atoms. The minimum Gasteiger partial charge on any atom is -0.467 e. The summed E-state index contributed by atoms with van der Waals surface area (Å²) >= 11 is 0. The average molecular weight is 354 g/mol. The van der Waals surface area contributed by atoms with Gasteiger partial charge in [-0.15, -0.1) is 0 Å². The quantitative estimate of drug-likeness (QED) is 0.805. The first kappa shape index (κ1) is 19.2. The number of benzene rings is 1. The maximum atomic E-state index is 13.6. The molecule has 0 aliphatic carbocycles. The Morgan fingerprint density at radius 1 is 1.17 bits per heavy atom. The van der Waals surface area contributed by atoms with Gasteiger partial charge in [-0.2, -0.15) is 17.9 Å². The number of hydrogen-bond donors (Lipinski definition) is 1. The van der Waals surface area contributed by atoms with E-state index in [1.54, 1.807) is 19.0 Å². The Balaban J connectivity index is 3.64. The van der Waals surface area contributed by atoms with Gasteiger partial charge in [0.05, 0.1) is 13.4 Å². The standard InChI is InChI=1S/C13H17F3N2O4S/c1-18(2)10-7-5-9(6-8-10)12(11(19)22-3,13(14,15)16)17-23(4,20)21/h5-8,17H,1-4H3. The van der Waals surface area contributed by atoms with Crippen molar-refractivity contribution in [3.63, 3.8) is 0 Å². The largest absolute Gasteiger partial charge is 0.467 e. The summed E-state index contributed by atoms with van der Waals surface area (Å²) in [6, 6.07) is 4.72. The van der Waals surface area contributed by atoms with Crippen molar-refractivity contribution in [1.29, 1.82) is 0 Å². The smallest absolute Gasteiger partial charge is 0.422 e. The molecule has 1 aromatic carbocycles. The van der Waals surface area contributed by atoms with Crippen LogP contribution in [-0.2, 0) is 25.1 Å². The monoisotopic (exact) mass is 354 g/mol. The number of methoxy groups -OCH3 is 1. The number of sulfonamides is 1. The highest BCUT2D eigenvalue weighted by Crippen LogP contribution is 2.41. The summed E-state index contributed by atoms with van der Waals surface area (Å²) in [4.78, 5) is 13.5. The van der Waals surface area contributed by atoms with Gasteiger partial charge in [0.1, 0.15) is 0 Å². The fourth-order valence-corrected chi connectivity index (χ4v) is 2.87. The fraction of sp³-hybridized carbons (Fsp3) is 0.462. The Morgan fingerprint density at radius 3 is 1.96 bits per heavy atom. The maximum absolute atomic E-state index is 13.6. The van der Waals surface area contributed by atoms with Crippen LogP contribution in [0.25, 0.3) is 0 Å². The summed E-state index contributed by atoms with van der Waals surface area (Å²) in [6.07, 6.45) is -4.71. The number of hydrogen-bond acceptors (Lipinski definition) is 5. The summed E-state index contributed by atoms with van der Waals surface area (Å²) in [5.41, 5.74) is -3.53. The van der Waals surface area contributed by atoms with E-state index in [4.69, 9.17) is 0 Å². The molecule has 0 aromatic heterocycles. The molecule has 0 radical (unpaired) electrons. The lowest BCUT2D eigenvalue weighted by molar-refractivity contribution is -0.210. The van der Waals surface area contributed by atoms with Crippen molar-refractivity contribution < 1.29 is 31.1 Å². The van der Waals surface area contributed by atoms with E-state index in [2.05, 4.69) is 4.74 Å². The Hall–Kier alpha value is -1.81. The molecule has 0 fully saturated rings. The molecule has 1 rings (SSSR count). The first-order valence-electron chi connectivity index (χ1n) is 6.27. The summed E-state index contributed by atoms with van der Waals surface area (Å²) in [5, 5.41) is 0. The molecule has 10 heteroatoms. The number of ether oxygens (including phenoxy) is 1. The Bertz CT molecular complexity index is 671. The van der Waals surface area contributed by atoms with Crippen LogP contribution in [0, 0.1) is 0 Å². The summed E-state index contributed by atoms with van der Waals surface area (Å²) in [7, 11) is -0.262. The molecular formula is C13H17F3N2O4S. The van der Waals surface area contributed by atoms with Gasteiger partial charge in [0.15, 0.2) is 0 Å². The van der Waals surface area contributed by atoms with Gasteiger partial charge in [0.25, 0.3) is 5.54 Å². The highest BCUT2D eigenvalue weighted by Gasteiger charge is 2.64. The third kappa shape index (κ3) is 3.94. The minimum atomic E-state index is -5.25. The highest BCUT2D eigenvalue weighted by atomic mass is 32.2. The topological polar surface area (TPSA) is 75.7 Å². The first-order chi connectivity index (χ1) is 10.3. The first-order valence-corrected chi connectivity index (χ1v) is 8.16. The van der Waals surface area contributed by atoms with Gasteiger partial charge >= 0.3 is 12.1 Å². The van der Waals surface area contributed by atoms with E-state index in [9.17, 15) is 26.4 Å². The second-order valence-electron chi connectivity index (χ2n) is 5.05. The minimum absolute atomic E-state index is 0.532. The predicted molar refractivity (Wildman–Crippen MR) is 78.5 cm³/mol. The zero-order valence-corrected chi connectivity index (χ0v) is 13.7. The van der Waals surface area contributed by atoms with Gasteiger partial charge in [0, 0.05) is 19.8 Å². The van der Waals surface area contributed by atoms with Crippen LogP contribution < -0.4 is 9.62 Å². The number of nitrogens with one attached hydrogen (secondary N) is 1. The molecule has 1 aromatic rings. The van der Waals surface area contributed by atoms with E-state index in [1.165, 1.54) is 16.9 Å². The second-order valence-corrected chi connectivity index (χ2v) is 6.80. The van der Waals surface area contributed by atoms with Crippen molar-refractivity contribution in [1.82, 2.24) is 4.72 Å². The van der Waals surface area contributed by atoms with Crippen LogP contribution in [0.5, 0.6) is 0 Å². The van der Waals surface area contributed by atoms with Crippen LogP contribution in [-0.4, -0.2) is 48.0 Å². The zero-order chi connectivity index (χ0) is 18.1. The number of carbonyl (C=O) groups excluding carboxylic acids is 1. The number of rotatable bonds is 5. The number of carbonyl (C=O) groups is 1. The van der Waals surface area contributed by atoms with Crippen LogP contribution in [0.2, 0.25) is 0 Å². The number of esters is 1. The highest BCUT2D eigenvalue weighted by molar-refractivity contribution is 7.88. The number of alkyl halides is 3. The molecule has 0 aliphatic rings. The Labute approximate surface area is 132 Å². The van der Waals surface area contributed by atoms with Crippen LogP contribution in [0.1, 0.15) is 5.56 Å². The molecule has 0 bridgehead atoms. The van der Waals surface area contributed by atoms with Crippen molar-refractivity contribution in [2.24, 2.45) is 0 Å². The lowest BCUT2D eigenvalue weighted by Gasteiger charge is -2.33. The van der Waals surface area contributed by atoms with E-state index < -0.39 is 33.3 Å². The van der Waals surface area contributed by atoms with Crippen molar-refractivity contribution in [3.8, 4) is 0 Å². The molecule has 6 nitrogen and oxygen atoms in total. The van der Waals surface area contributed by atoms with Crippen molar-refractivity contribution >= 4 is 21.7 Å². The fourth-order valence-electron chi connectivity index (χ4n) is 2.00. The molecule has 0 saturated heterocycles. The summed E-state index contributed by atoms with van der Waals surface area (Å²) in [6.45, 7) is 0. The molecular weight excluding hydrogens is 337 g/mol. The lowest BCUT2D eigenvalue weighted by atomic mass is 9.90. The normalized spacial score (nSPS) is 14.9. The second kappa shape index (κ2) is 6.36. The molecule has 23 heavy (non-hydrogen) atoms. The van der Waals surface area contributed by atoms with E-state index in [-0.39, 0.29) is 0 Å². The van der Waals surface area contributed by atoms with Gasteiger partial charge in [-0.25, -0.2) is 13.2 Å². The third-order valence-corrected chi connectivity index (χ3v) is 3.75. The van der Waals surface area contributed by atoms with Gasteiger partial charge in [-0.05, 0) is 17.7 Å². The predicted octanol–water partition coefficient (Wildman–Crippen LogP) is 1.23. The van der Waals surface area contributed by atoms with Crippen LogP contribution >= 0.6 is 0 Å². The maximum Gasteiger partial charge on any atom is 0.422 e. The molecule has 1 atom stereocenters. The zero-order valence-electron chi connectivity index (χ0n) is 12.9. The van der Waals surface area contributed by atoms with Crippen LogP contribution in [0.15, 0.2) is 24.3 Å². The van der Waals surface area contributed by atoms with E-state index in [0.29, 0.717) is 11.9 Å². The molecule has 130 valence electrons. The molecule has 1 unspecified atom stereocenters. The number of nitrogens with zero attached hydrogens (tertiary/aromatic N) is 1. The summed E-state index contributed by atoms with van der Waals surface area (Å²) in [5.74, 6) is -1.77. The van der Waals surface area contributed by atoms with Gasteiger partial charge in [0.2, 0.25) is 10.0 Å². The molecule has 0 amide bonds. The summed E-state index contributed by atoms with van der Waals surface area (Å²) < 4.78 is 69.4. The van der Waals surface area contributed by atoms with Crippen molar-refractivity contribution in [3.05, 3.63) is 29.8 Å². The van der Waals surface area contributed by atoms with Gasteiger partial charge in [-0.3, -0.25) is 0 Å². The van der Waals surface area contributed by atoms with Crippen LogP contribution in [0.3, 0.4) is 0 Å². The molecule has 0 saturated carbocycles. The number of anilines is 1.